The average molecular weight is 395 g/mol. The molecule has 0 amide bonds. The van der Waals surface area contributed by atoms with Crippen molar-refractivity contribution in [2.24, 2.45) is 0 Å². The van der Waals surface area contributed by atoms with Gasteiger partial charge in [0.15, 0.2) is 0 Å². The zero-order valence-corrected chi connectivity index (χ0v) is 14.6. The van der Waals surface area contributed by atoms with Gasteiger partial charge < -0.3 is 14.8 Å². The standard InChI is InChI=1S/C17H22IN3/c1-20-8-10-21(11-9-20)7-6-14-2-4-15(5-3-14)17-12-16(18)13-19-17/h2-5,12-13,19H,6-11H2,1H3. The summed E-state index contributed by atoms with van der Waals surface area (Å²) in [5.41, 5.74) is 3.89. The van der Waals surface area contributed by atoms with Gasteiger partial charge in [0.2, 0.25) is 0 Å². The van der Waals surface area contributed by atoms with Gasteiger partial charge in [0.05, 0.1) is 0 Å². The van der Waals surface area contributed by atoms with Crippen LogP contribution in [0.2, 0.25) is 0 Å². The first-order valence-corrected chi connectivity index (χ1v) is 8.63. The molecule has 1 saturated heterocycles. The summed E-state index contributed by atoms with van der Waals surface area (Å²) in [4.78, 5) is 8.29. The van der Waals surface area contributed by atoms with E-state index in [-0.39, 0.29) is 0 Å². The van der Waals surface area contributed by atoms with Crippen molar-refractivity contribution in [1.29, 1.82) is 0 Å². The molecular weight excluding hydrogens is 373 g/mol. The molecule has 0 unspecified atom stereocenters. The molecule has 1 fully saturated rings. The number of piperazine rings is 1. The van der Waals surface area contributed by atoms with Crippen molar-refractivity contribution in [3.63, 3.8) is 0 Å². The second-order valence-electron chi connectivity index (χ2n) is 5.82. The highest BCUT2D eigenvalue weighted by molar-refractivity contribution is 14.1. The Morgan fingerprint density at radius 2 is 1.81 bits per heavy atom. The van der Waals surface area contributed by atoms with Crippen LogP contribution in [-0.4, -0.2) is 54.6 Å². The molecule has 0 saturated carbocycles. The zero-order valence-electron chi connectivity index (χ0n) is 12.5. The summed E-state index contributed by atoms with van der Waals surface area (Å²) >= 11 is 2.33. The van der Waals surface area contributed by atoms with Crippen molar-refractivity contribution < 1.29 is 0 Å². The second kappa shape index (κ2) is 6.94. The molecule has 2 aromatic rings. The largest absolute Gasteiger partial charge is 0.360 e. The van der Waals surface area contributed by atoms with Crippen LogP contribution in [0.1, 0.15) is 5.56 Å². The van der Waals surface area contributed by atoms with Crippen LogP contribution in [0.4, 0.5) is 0 Å². The summed E-state index contributed by atoms with van der Waals surface area (Å²) in [5, 5.41) is 0. The van der Waals surface area contributed by atoms with E-state index in [1.165, 1.54) is 53.1 Å². The average Bonchev–Trinajstić information content (AvgIpc) is 2.94. The minimum atomic E-state index is 1.15. The van der Waals surface area contributed by atoms with Gasteiger partial charge >= 0.3 is 0 Å². The minimum Gasteiger partial charge on any atom is -0.360 e. The maximum Gasteiger partial charge on any atom is 0.0464 e. The van der Waals surface area contributed by atoms with Crippen molar-refractivity contribution in [2.75, 3.05) is 39.8 Å². The molecule has 3 nitrogen and oxygen atoms in total. The number of halogens is 1. The molecule has 0 atom stereocenters. The first-order chi connectivity index (χ1) is 10.2. The van der Waals surface area contributed by atoms with E-state index < -0.39 is 0 Å². The molecule has 21 heavy (non-hydrogen) atoms. The number of rotatable bonds is 4. The van der Waals surface area contributed by atoms with E-state index in [0.29, 0.717) is 0 Å². The summed E-state index contributed by atoms with van der Waals surface area (Å²) in [6, 6.07) is 11.2. The number of nitrogens with one attached hydrogen (secondary N) is 1. The molecule has 1 aromatic carbocycles. The lowest BCUT2D eigenvalue weighted by atomic mass is 10.1. The Morgan fingerprint density at radius 3 is 2.43 bits per heavy atom. The van der Waals surface area contributed by atoms with Crippen molar-refractivity contribution in [1.82, 2.24) is 14.8 Å². The number of likely N-dealkylation sites (N-methyl/N-ethyl adjacent to an activating group) is 1. The number of hydrogen-bond acceptors (Lipinski definition) is 2. The molecular formula is C17H22IN3. The number of H-pyrrole nitrogens is 1. The van der Waals surface area contributed by atoms with E-state index in [0.717, 1.165) is 6.42 Å². The fourth-order valence-electron chi connectivity index (χ4n) is 2.74. The van der Waals surface area contributed by atoms with Gasteiger partial charge in [0.1, 0.15) is 0 Å². The minimum absolute atomic E-state index is 1.15. The molecule has 1 aliphatic rings. The highest BCUT2D eigenvalue weighted by atomic mass is 127. The number of aromatic amines is 1. The first-order valence-electron chi connectivity index (χ1n) is 7.55. The van der Waals surface area contributed by atoms with Crippen LogP contribution in [0, 0.1) is 3.57 Å². The Morgan fingerprint density at radius 1 is 1.10 bits per heavy atom. The van der Waals surface area contributed by atoms with E-state index >= 15 is 0 Å². The SMILES string of the molecule is CN1CCN(CCc2ccc(-c3cc(I)c[nH]3)cc2)CC1. The lowest BCUT2D eigenvalue weighted by Gasteiger charge is -2.32. The van der Waals surface area contributed by atoms with E-state index in [9.17, 15) is 0 Å². The summed E-state index contributed by atoms with van der Waals surface area (Å²) in [7, 11) is 2.21. The molecule has 1 aromatic heterocycles. The summed E-state index contributed by atoms with van der Waals surface area (Å²) in [6.07, 6.45) is 3.18. The highest BCUT2D eigenvalue weighted by Gasteiger charge is 2.13. The molecule has 0 radical (unpaired) electrons. The van der Waals surface area contributed by atoms with Crippen molar-refractivity contribution in [3.05, 3.63) is 45.7 Å². The maximum absolute atomic E-state index is 3.31. The van der Waals surface area contributed by atoms with E-state index in [1.807, 2.05) is 6.20 Å². The van der Waals surface area contributed by atoms with Gasteiger partial charge in [0, 0.05) is 48.2 Å². The van der Waals surface area contributed by atoms with Gasteiger partial charge in [-0.25, -0.2) is 0 Å². The molecule has 112 valence electrons. The summed E-state index contributed by atoms with van der Waals surface area (Å²) in [6.45, 7) is 5.98. The fourth-order valence-corrected chi connectivity index (χ4v) is 3.21. The third-order valence-corrected chi connectivity index (χ3v) is 4.85. The Kier molecular flexibility index (Phi) is 4.98. The molecule has 1 aliphatic heterocycles. The van der Waals surface area contributed by atoms with Gasteiger partial charge in [0.25, 0.3) is 0 Å². The number of nitrogens with zero attached hydrogens (tertiary/aromatic N) is 2. The van der Waals surface area contributed by atoms with Crippen molar-refractivity contribution in [2.45, 2.75) is 6.42 Å². The van der Waals surface area contributed by atoms with Crippen LogP contribution >= 0.6 is 22.6 Å². The van der Waals surface area contributed by atoms with Gasteiger partial charge in [-0.2, -0.15) is 0 Å². The van der Waals surface area contributed by atoms with Gasteiger partial charge in [-0.15, -0.1) is 0 Å². The quantitative estimate of drug-likeness (QED) is 0.804. The van der Waals surface area contributed by atoms with Crippen LogP contribution in [0.25, 0.3) is 11.3 Å². The topological polar surface area (TPSA) is 22.3 Å². The van der Waals surface area contributed by atoms with Crippen molar-refractivity contribution >= 4 is 22.6 Å². The maximum atomic E-state index is 3.31. The number of hydrogen-bond donors (Lipinski definition) is 1. The predicted molar refractivity (Wildman–Crippen MR) is 96.6 cm³/mol. The number of aromatic nitrogens is 1. The molecule has 0 aliphatic carbocycles. The predicted octanol–water partition coefficient (Wildman–Crippen LogP) is 3.08. The third-order valence-electron chi connectivity index (χ3n) is 4.23. The lowest BCUT2D eigenvalue weighted by molar-refractivity contribution is 0.155. The lowest BCUT2D eigenvalue weighted by Crippen LogP contribution is -2.45. The molecule has 2 heterocycles. The normalized spacial score (nSPS) is 17.2. The Hall–Kier alpha value is -0.850. The highest BCUT2D eigenvalue weighted by Crippen LogP contribution is 2.20. The molecule has 4 heteroatoms. The van der Waals surface area contributed by atoms with Crippen LogP contribution in [-0.2, 0) is 6.42 Å². The molecule has 0 spiro atoms. The Labute approximate surface area is 140 Å². The molecule has 0 bridgehead atoms. The second-order valence-corrected chi connectivity index (χ2v) is 7.07. The molecule has 1 N–H and O–H groups in total. The fraction of sp³-hybridized carbons (Fsp3) is 0.412. The molecule has 3 rings (SSSR count). The van der Waals surface area contributed by atoms with Crippen LogP contribution in [0.15, 0.2) is 36.5 Å². The van der Waals surface area contributed by atoms with E-state index in [4.69, 9.17) is 0 Å². The smallest absolute Gasteiger partial charge is 0.0464 e. The monoisotopic (exact) mass is 395 g/mol. The van der Waals surface area contributed by atoms with Crippen LogP contribution in [0.5, 0.6) is 0 Å². The van der Waals surface area contributed by atoms with E-state index in [2.05, 4.69) is 74.8 Å². The zero-order chi connectivity index (χ0) is 14.7. The Bertz CT molecular complexity index is 568. The van der Waals surface area contributed by atoms with E-state index in [1.54, 1.807) is 0 Å². The third kappa shape index (κ3) is 4.08. The van der Waals surface area contributed by atoms with Gasteiger partial charge in [-0.3, -0.25) is 0 Å². The summed E-state index contributed by atoms with van der Waals surface area (Å²) in [5.74, 6) is 0. The van der Waals surface area contributed by atoms with Crippen LogP contribution in [0.3, 0.4) is 0 Å². The van der Waals surface area contributed by atoms with Gasteiger partial charge in [-0.1, -0.05) is 24.3 Å². The first kappa shape index (κ1) is 15.1. The van der Waals surface area contributed by atoms with Crippen LogP contribution < -0.4 is 0 Å². The Balaban J connectivity index is 1.55. The summed E-state index contributed by atoms with van der Waals surface area (Å²) < 4.78 is 1.25. The van der Waals surface area contributed by atoms with Gasteiger partial charge in [-0.05, 0) is 53.3 Å². The van der Waals surface area contributed by atoms with Crippen molar-refractivity contribution in [3.8, 4) is 11.3 Å². The number of benzene rings is 1.